The number of phenolic OH excluding ortho intramolecular Hbond substituents is 1. The number of amides is 1. The summed E-state index contributed by atoms with van der Waals surface area (Å²) in [6.45, 7) is 0.633. The van der Waals surface area contributed by atoms with E-state index in [0.29, 0.717) is 25.1 Å². The Balaban J connectivity index is 1.44. The summed E-state index contributed by atoms with van der Waals surface area (Å²) in [6.07, 6.45) is 2.43. The standard InChI is InChI=1S/C22H24FN3O2/c1-26(22(28)12-11-16-6-2-3-10-21(16)27)13-5-9-19-15-20(25-24-19)17-7-4-8-18(23)14-17/h2-4,6-8,10,14-15,27H,5,9,11-13H2,1H3,(H,24,25). The molecule has 1 aromatic heterocycles. The largest absolute Gasteiger partial charge is 0.508 e. The summed E-state index contributed by atoms with van der Waals surface area (Å²) in [7, 11) is 1.79. The van der Waals surface area contributed by atoms with Gasteiger partial charge in [-0.05, 0) is 49.1 Å². The van der Waals surface area contributed by atoms with Crippen LogP contribution in [0, 0.1) is 5.82 Å². The van der Waals surface area contributed by atoms with Gasteiger partial charge in [-0.2, -0.15) is 5.10 Å². The van der Waals surface area contributed by atoms with Gasteiger partial charge < -0.3 is 10.0 Å². The first kappa shape index (κ1) is 19.6. The second-order valence-electron chi connectivity index (χ2n) is 6.84. The summed E-state index contributed by atoms with van der Waals surface area (Å²) >= 11 is 0. The van der Waals surface area contributed by atoms with Gasteiger partial charge in [0.2, 0.25) is 5.91 Å². The molecule has 3 aromatic rings. The number of hydrogen-bond acceptors (Lipinski definition) is 3. The SMILES string of the molecule is CN(CCCc1cc(-c2cccc(F)c2)n[nH]1)C(=O)CCc1ccccc1O. The number of nitrogens with one attached hydrogen (secondary N) is 1. The van der Waals surface area contributed by atoms with Crippen molar-refractivity contribution in [2.45, 2.75) is 25.7 Å². The Morgan fingerprint density at radius 1 is 1.14 bits per heavy atom. The maximum absolute atomic E-state index is 13.3. The van der Waals surface area contributed by atoms with Crippen LogP contribution in [0.4, 0.5) is 4.39 Å². The second kappa shape index (κ2) is 9.17. The second-order valence-corrected chi connectivity index (χ2v) is 6.84. The molecule has 28 heavy (non-hydrogen) atoms. The number of aryl methyl sites for hydroxylation is 2. The normalized spacial score (nSPS) is 10.8. The first-order valence-electron chi connectivity index (χ1n) is 9.34. The van der Waals surface area contributed by atoms with E-state index in [0.717, 1.165) is 29.7 Å². The van der Waals surface area contributed by atoms with Crippen LogP contribution in [-0.2, 0) is 17.6 Å². The maximum Gasteiger partial charge on any atom is 0.222 e. The van der Waals surface area contributed by atoms with E-state index < -0.39 is 0 Å². The molecular weight excluding hydrogens is 357 g/mol. The minimum absolute atomic E-state index is 0.0494. The summed E-state index contributed by atoms with van der Waals surface area (Å²) in [6, 6.07) is 15.3. The molecule has 0 saturated heterocycles. The molecule has 0 bridgehead atoms. The van der Waals surface area contributed by atoms with Gasteiger partial charge in [-0.15, -0.1) is 0 Å². The zero-order chi connectivity index (χ0) is 19.9. The number of nitrogens with zero attached hydrogens (tertiary/aromatic N) is 2. The third-order valence-corrected chi connectivity index (χ3v) is 4.72. The lowest BCUT2D eigenvalue weighted by Crippen LogP contribution is -2.28. The highest BCUT2D eigenvalue weighted by atomic mass is 19.1. The Morgan fingerprint density at radius 3 is 2.75 bits per heavy atom. The van der Waals surface area contributed by atoms with Crippen molar-refractivity contribution in [2.75, 3.05) is 13.6 Å². The van der Waals surface area contributed by atoms with Crippen LogP contribution in [0.15, 0.2) is 54.6 Å². The zero-order valence-corrected chi connectivity index (χ0v) is 15.9. The average Bonchev–Trinajstić information content (AvgIpc) is 3.16. The molecule has 2 aromatic carbocycles. The molecule has 0 unspecified atom stereocenters. The van der Waals surface area contributed by atoms with Crippen LogP contribution in [0.25, 0.3) is 11.3 Å². The van der Waals surface area contributed by atoms with Crippen LogP contribution in [0.2, 0.25) is 0 Å². The first-order valence-corrected chi connectivity index (χ1v) is 9.34. The van der Waals surface area contributed by atoms with Gasteiger partial charge in [0, 0.05) is 31.3 Å². The van der Waals surface area contributed by atoms with E-state index >= 15 is 0 Å². The number of rotatable bonds is 8. The van der Waals surface area contributed by atoms with Crippen LogP contribution < -0.4 is 0 Å². The molecule has 6 heteroatoms. The Hall–Kier alpha value is -3.15. The first-order chi connectivity index (χ1) is 13.5. The van der Waals surface area contributed by atoms with Crippen molar-refractivity contribution in [2.24, 2.45) is 0 Å². The van der Waals surface area contributed by atoms with Gasteiger partial charge in [-0.3, -0.25) is 9.89 Å². The molecule has 0 aliphatic carbocycles. The molecule has 0 radical (unpaired) electrons. The molecule has 5 nitrogen and oxygen atoms in total. The fraction of sp³-hybridized carbons (Fsp3) is 0.273. The molecule has 1 heterocycles. The van der Waals surface area contributed by atoms with Gasteiger partial charge in [-0.25, -0.2) is 4.39 Å². The molecule has 0 aliphatic rings. The molecule has 0 aliphatic heterocycles. The number of phenols is 1. The van der Waals surface area contributed by atoms with Crippen LogP contribution in [0.1, 0.15) is 24.1 Å². The minimum Gasteiger partial charge on any atom is -0.508 e. The van der Waals surface area contributed by atoms with Crippen molar-refractivity contribution < 1.29 is 14.3 Å². The highest BCUT2D eigenvalue weighted by Gasteiger charge is 2.11. The predicted molar refractivity (Wildman–Crippen MR) is 106 cm³/mol. The van der Waals surface area contributed by atoms with E-state index in [1.54, 1.807) is 30.1 Å². The zero-order valence-electron chi connectivity index (χ0n) is 15.9. The van der Waals surface area contributed by atoms with E-state index in [9.17, 15) is 14.3 Å². The van der Waals surface area contributed by atoms with Crippen molar-refractivity contribution in [3.8, 4) is 17.0 Å². The lowest BCUT2D eigenvalue weighted by molar-refractivity contribution is -0.129. The Labute approximate surface area is 163 Å². The smallest absolute Gasteiger partial charge is 0.222 e. The van der Waals surface area contributed by atoms with Gasteiger partial charge in [0.15, 0.2) is 0 Å². The van der Waals surface area contributed by atoms with Crippen molar-refractivity contribution in [1.29, 1.82) is 0 Å². The lowest BCUT2D eigenvalue weighted by atomic mass is 10.1. The van der Waals surface area contributed by atoms with Crippen molar-refractivity contribution in [1.82, 2.24) is 15.1 Å². The number of para-hydroxylation sites is 1. The quantitative estimate of drug-likeness (QED) is 0.621. The molecule has 2 N–H and O–H groups in total. The Morgan fingerprint density at radius 2 is 1.96 bits per heavy atom. The third kappa shape index (κ3) is 5.19. The van der Waals surface area contributed by atoms with Crippen molar-refractivity contribution in [3.63, 3.8) is 0 Å². The number of H-pyrrole nitrogens is 1. The number of aromatic amines is 1. The number of carbonyl (C=O) groups excluding carboxylic acids is 1. The maximum atomic E-state index is 13.3. The van der Waals surface area contributed by atoms with E-state index in [1.165, 1.54) is 12.1 Å². The molecule has 146 valence electrons. The summed E-state index contributed by atoms with van der Waals surface area (Å²) in [5.41, 5.74) is 3.18. The van der Waals surface area contributed by atoms with Crippen LogP contribution in [0.3, 0.4) is 0 Å². The van der Waals surface area contributed by atoms with E-state index in [-0.39, 0.29) is 17.5 Å². The highest BCUT2D eigenvalue weighted by molar-refractivity contribution is 5.76. The van der Waals surface area contributed by atoms with Gasteiger partial charge in [0.25, 0.3) is 0 Å². The lowest BCUT2D eigenvalue weighted by Gasteiger charge is -2.17. The summed E-state index contributed by atoms with van der Waals surface area (Å²) in [4.78, 5) is 14.0. The number of benzene rings is 2. The monoisotopic (exact) mass is 381 g/mol. The van der Waals surface area contributed by atoms with Gasteiger partial charge in [0.1, 0.15) is 11.6 Å². The number of aromatic hydroxyl groups is 1. The van der Waals surface area contributed by atoms with Gasteiger partial charge >= 0.3 is 0 Å². The third-order valence-electron chi connectivity index (χ3n) is 4.72. The number of carbonyl (C=O) groups is 1. The molecule has 3 rings (SSSR count). The van der Waals surface area contributed by atoms with E-state index in [1.807, 2.05) is 24.3 Å². The fourth-order valence-electron chi connectivity index (χ4n) is 3.07. The topological polar surface area (TPSA) is 69.2 Å². The van der Waals surface area contributed by atoms with Crippen LogP contribution >= 0.6 is 0 Å². The van der Waals surface area contributed by atoms with E-state index in [2.05, 4.69) is 10.2 Å². The van der Waals surface area contributed by atoms with Crippen molar-refractivity contribution >= 4 is 5.91 Å². The number of hydrogen-bond donors (Lipinski definition) is 2. The van der Waals surface area contributed by atoms with Crippen LogP contribution in [0.5, 0.6) is 5.75 Å². The van der Waals surface area contributed by atoms with Gasteiger partial charge in [-0.1, -0.05) is 30.3 Å². The minimum atomic E-state index is -0.286. The Kier molecular flexibility index (Phi) is 6.42. The van der Waals surface area contributed by atoms with E-state index in [4.69, 9.17) is 0 Å². The average molecular weight is 381 g/mol. The highest BCUT2D eigenvalue weighted by Crippen LogP contribution is 2.19. The fourth-order valence-corrected chi connectivity index (χ4v) is 3.07. The number of aromatic nitrogens is 2. The van der Waals surface area contributed by atoms with Gasteiger partial charge in [0.05, 0.1) is 5.69 Å². The summed E-state index contributed by atoms with van der Waals surface area (Å²) < 4.78 is 13.3. The Bertz CT molecular complexity index is 939. The van der Waals surface area contributed by atoms with Crippen molar-refractivity contribution in [3.05, 3.63) is 71.7 Å². The summed E-state index contributed by atoms with van der Waals surface area (Å²) in [5, 5.41) is 17.0. The molecule has 0 fully saturated rings. The predicted octanol–water partition coefficient (Wildman–Crippen LogP) is 3.95. The molecular formula is C22H24FN3O2. The molecule has 0 saturated carbocycles. The molecule has 0 atom stereocenters. The summed E-state index contributed by atoms with van der Waals surface area (Å²) in [5.74, 6) is -0.00868. The molecule has 0 spiro atoms. The number of halogens is 1. The molecule has 1 amide bonds. The van der Waals surface area contributed by atoms with Crippen LogP contribution in [-0.4, -0.2) is 39.7 Å².